The highest BCUT2D eigenvalue weighted by atomic mass is 32.2. The lowest BCUT2D eigenvalue weighted by Gasteiger charge is -2.01. The Bertz CT molecular complexity index is 548. The van der Waals surface area contributed by atoms with Crippen LogP contribution >= 0.6 is 11.8 Å². The number of nitrogens with two attached hydrogens (primary N) is 1. The van der Waals surface area contributed by atoms with Crippen molar-refractivity contribution in [2.45, 2.75) is 16.7 Å². The topological polar surface area (TPSA) is 71.8 Å². The van der Waals surface area contributed by atoms with Crippen molar-refractivity contribution in [3.05, 3.63) is 46.4 Å². The molecule has 0 aliphatic rings. The van der Waals surface area contributed by atoms with E-state index in [1.165, 1.54) is 23.5 Å². The molecule has 1 heterocycles. The van der Waals surface area contributed by atoms with E-state index in [1.54, 1.807) is 0 Å². The molecule has 5 heteroatoms. The Morgan fingerprint density at radius 3 is 2.62 bits per heavy atom. The SMILES string of the molecule is Cc1ccc(Sc2cnc(N)[nH]c2=O)cc1. The maximum absolute atomic E-state index is 11.5. The minimum absolute atomic E-state index is 0.137. The highest BCUT2D eigenvalue weighted by Crippen LogP contribution is 2.24. The molecule has 0 bridgehead atoms. The third-order valence-corrected chi connectivity index (χ3v) is 3.05. The molecule has 0 amide bonds. The first kappa shape index (κ1) is 10.8. The number of aryl methyl sites for hydroxylation is 1. The zero-order valence-electron chi connectivity index (χ0n) is 8.73. The summed E-state index contributed by atoms with van der Waals surface area (Å²) in [6.45, 7) is 2.02. The van der Waals surface area contributed by atoms with Crippen molar-refractivity contribution in [1.29, 1.82) is 0 Å². The molecular formula is C11H11N3OS. The van der Waals surface area contributed by atoms with Crippen LogP contribution in [0.2, 0.25) is 0 Å². The molecule has 0 fully saturated rings. The van der Waals surface area contributed by atoms with Crippen LogP contribution in [0.1, 0.15) is 5.56 Å². The van der Waals surface area contributed by atoms with Crippen LogP contribution in [-0.4, -0.2) is 9.97 Å². The van der Waals surface area contributed by atoms with Gasteiger partial charge in [0.1, 0.15) is 0 Å². The smallest absolute Gasteiger partial charge is 0.266 e. The van der Waals surface area contributed by atoms with Gasteiger partial charge in [0.2, 0.25) is 0 Å². The maximum atomic E-state index is 11.5. The van der Waals surface area contributed by atoms with Crippen LogP contribution in [0.4, 0.5) is 5.95 Å². The van der Waals surface area contributed by atoms with Gasteiger partial charge in [-0.05, 0) is 19.1 Å². The van der Waals surface area contributed by atoms with E-state index in [9.17, 15) is 4.79 Å². The summed E-state index contributed by atoms with van der Waals surface area (Å²) in [6, 6.07) is 7.94. The fourth-order valence-electron chi connectivity index (χ4n) is 1.20. The molecule has 0 unspecified atom stereocenters. The Balaban J connectivity index is 2.27. The van der Waals surface area contributed by atoms with Crippen molar-refractivity contribution in [1.82, 2.24) is 9.97 Å². The largest absolute Gasteiger partial charge is 0.369 e. The standard InChI is InChI=1S/C11H11N3OS/c1-7-2-4-8(5-3-7)16-9-6-13-11(12)14-10(9)15/h2-6H,1H3,(H3,12,13,14,15). The summed E-state index contributed by atoms with van der Waals surface area (Å²) in [7, 11) is 0. The number of benzene rings is 1. The van der Waals surface area contributed by atoms with Gasteiger partial charge >= 0.3 is 0 Å². The van der Waals surface area contributed by atoms with E-state index >= 15 is 0 Å². The number of hydrogen-bond acceptors (Lipinski definition) is 4. The van der Waals surface area contributed by atoms with E-state index in [1.807, 2.05) is 31.2 Å². The van der Waals surface area contributed by atoms with E-state index < -0.39 is 0 Å². The second kappa shape index (κ2) is 4.40. The highest BCUT2D eigenvalue weighted by Gasteiger charge is 2.03. The summed E-state index contributed by atoms with van der Waals surface area (Å²) in [6.07, 6.45) is 1.48. The van der Waals surface area contributed by atoms with Crippen molar-refractivity contribution >= 4 is 17.7 Å². The van der Waals surface area contributed by atoms with Crippen LogP contribution in [0.25, 0.3) is 0 Å². The van der Waals surface area contributed by atoms with Gasteiger partial charge in [-0.25, -0.2) is 4.98 Å². The first-order chi connectivity index (χ1) is 7.65. The van der Waals surface area contributed by atoms with E-state index in [-0.39, 0.29) is 11.5 Å². The van der Waals surface area contributed by atoms with E-state index in [4.69, 9.17) is 5.73 Å². The van der Waals surface area contributed by atoms with Gasteiger partial charge in [-0.3, -0.25) is 9.78 Å². The fourth-order valence-corrected chi connectivity index (χ4v) is 1.98. The molecule has 0 saturated carbocycles. The number of H-pyrrole nitrogens is 1. The predicted molar refractivity (Wildman–Crippen MR) is 64.6 cm³/mol. The van der Waals surface area contributed by atoms with Gasteiger partial charge in [0.25, 0.3) is 5.56 Å². The molecule has 0 radical (unpaired) electrons. The van der Waals surface area contributed by atoms with Gasteiger partial charge in [-0.2, -0.15) is 0 Å². The summed E-state index contributed by atoms with van der Waals surface area (Å²) < 4.78 is 0. The molecule has 0 atom stereocenters. The molecule has 4 nitrogen and oxygen atoms in total. The second-order valence-electron chi connectivity index (χ2n) is 3.38. The molecule has 0 aliphatic carbocycles. The molecule has 1 aromatic carbocycles. The number of rotatable bonds is 2. The van der Waals surface area contributed by atoms with Crippen molar-refractivity contribution < 1.29 is 0 Å². The van der Waals surface area contributed by atoms with E-state index in [0.29, 0.717) is 4.90 Å². The third-order valence-electron chi connectivity index (χ3n) is 2.04. The summed E-state index contributed by atoms with van der Waals surface area (Å²) in [4.78, 5) is 19.4. The van der Waals surface area contributed by atoms with Gasteiger partial charge in [-0.1, -0.05) is 29.5 Å². The third kappa shape index (κ3) is 2.43. The summed E-state index contributed by atoms with van der Waals surface area (Å²) in [5.41, 5.74) is 6.34. The molecule has 1 aromatic heterocycles. The monoisotopic (exact) mass is 233 g/mol. The van der Waals surface area contributed by atoms with E-state index in [2.05, 4.69) is 9.97 Å². The predicted octanol–water partition coefficient (Wildman–Crippen LogP) is 1.81. The van der Waals surface area contributed by atoms with Crippen molar-refractivity contribution in [3.63, 3.8) is 0 Å². The maximum Gasteiger partial charge on any atom is 0.266 e. The minimum atomic E-state index is -0.210. The number of hydrogen-bond donors (Lipinski definition) is 2. The van der Waals surface area contributed by atoms with Gasteiger partial charge in [-0.15, -0.1) is 0 Å². The van der Waals surface area contributed by atoms with Gasteiger partial charge in [0.05, 0.1) is 11.1 Å². The first-order valence-electron chi connectivity index (χ1n) is 4.74. The fraction of sp³-hybridized carbons (Fsp3) is 0.0909. The number of nitrogen functional groups attached to an aromatic ring is 1. The Hall–Kier alpha value is -1.75. The number of aromatic amines is 1. The summed E-state index contributed by atoms with van der Waals surface area (Å²) >= 11 is 1.37. The van der Waals surface area contributed by atoms with Crippen LogP contribution in [0, 0.1) is 6.92 Å². The molecule has 2 rings (SSSR count). The Labute approximate surface area is 96.9 Å². The van der Waals surface area contributed by atoms with Crippen LogP contribution in [0.5, 0.6) is 0 Å². The summed E-state index contributed by atoms with van der Waals surface area (Å²) in [5, 5.41) is 0. The van der Waals surface area contributed by atoms with Gasteiger partial charge < -0.3 is 5.73 Å². The highest BCUT2D eigenvalue weighted by molar-refractivity contribution is 7.99. The number of nitrogens with one attached hydrogen (secondary N) is 1. The molecule has 0 spiro atoms. The number of nitrogens with zero attached hydrogens (tertiary/aromatic N) is 1. The lowest BCUT2D eigenvalue weighted by molar-refractivity contribution is 1.06. The number of anilines is 1. The van der Waals surface area contributed by atoms with Crippen LogP contribution in [0.15, 0.2) is 45.0 Å². The van der Waals surface area contributed by atoms with Crippen molar-refractivity contribution in [3.8, 4) is 0 Å². The average Bonchev–Trinajstić information content (AvgIpc) is 2.25. The molecule has 0 saturated heterocycles. The normalized spacial score (nSPS) is 10.3. The molecule has 2 aromatic rings. The molecule has 3 N–H and O–H groups in total. The molecule has 0 aliphatic heterocycles. The van der Waals surface area contributed by atoms with Crippen LogP contribution in [0.3, 0.4) is 0 Å². The lowest BCUT2D eigenvalue weighted by atomic mass is 10.2. The molecular weight excluding hydrogens is 222 g/mol. The Kier molecular flexibility index (Phi) is 2.96. The number of aromatic nitrogens is 2. The van der Waals surface area contributed by atoms with Crippen LogP contribution in [-0.2, 0) is 0 Å². The first-order valence-corrected chi connectivity index (χ1v) is 5.56. The second-order valence-corrected chi connectivity index (χ2v) is 4.49. The lowest BCUT2D eigenvalue weighted by Crippen LogP contribution is -2.11. The Morgan fingerprint density at radius 2 is 2.00 bits per heavy atom. The van der Waals surface area contributed by atoms with Gasteiger partial charge in [0, 0.05) is 4.90 Å². The molecule has 16 heavy (non-hydrogen) atoms. The zero-order chi connectivity index (χ0) is 11.5. The van der Waals surface area contributed by atoms with Crippen molar-refractivity contribution in [2.24, 2.45) is 0 Å². The van der Waals surface area contributed by atoms with Gasteiger partial charge in [0.15, 0.2) is 5.95 Å². The Morgan fingerprint density at radius 1 is 1.31 bits per heavy atom. The minimum Gasteiger partial charge on any atom is -0.369 e. The average molecular weight is 233 g/mol. The van der Waals surface area contributed by atoms with Crippen molar-refractivity contribution in [2.75, 3.05) is 5.73 Å². The summed E-state index contributed by atoms with van der Waals surface area (Å²) in [5.74, 6) is 0.137. The molecule has 82 valence electrons. The zero-order valence-corrected chi connectivity index (χ0v) is 9.54. The quantitative estimate of drug-likeness (QED) is 0.829. The van der Waals surface area contributed by atoms with Crippen LogP contribution < -0.4 is 11.3 Å². The van der Waals surface area contributed by atoms with E-state index in [0.717, 1.165) is 4.90 Å².